The third-order valence-electron chi connectivity index (χ3n) is 2.60. The second kappa shape index (κ2) is 4.10. The Bertz CT molecular complexity index is 466. The van der Waals surface area contributed by atoms with Gasteiger partial charge in [-0.25, -0.2) is 4.98 Å². The minimum absolute atomic E-state index is 0.0128. The van der Waals surface area contributed by atoms with Crippen molar-refractivity contribution in [3.05, 3.63) is 29.3 Å². The summed E-state index contributed by atoms with van der Waals surface area (Å²) in [6.07, 6.45) is -0.244. The van der Waals surface area contributed by atoms with Gasteiger partial charge < -0.3 is 15.8 Å². The Morgan fingerprint density at radius 3 is 3.06 bits per heavy atom. The maximum absolute atomic E-state index is 5.75. The van der Waals surface area contributed by atoms with Crippen molar-refractivity contribution < 1.29 is 4.74 Å². The van der Waals surface area contributed by atoms with Gasteiger partial charge in [-0.3, -0.25) is 0 Å². The zero-order valence-electron chi connectivity index (χ0n) is 8.72. The Balaban J connectivity index is 1.93. The Morgan fingerprint density at radius 1 is 1.38 bits per heavy atom. The fourth-order valence-corrected chi connectivity index (χ4v) is 2.84. The lowest BCUT2D eigenvalue weighted by atomic mass is 10.3. The monoisotopic (exact) mass is 235 g/mol. The molecule has 0 radical (unpaired) electrons. The van der Waals surface area contributed by atoms with Gasteiger partial charge in [0, 0.05) is 13.1 Å². The predicted octanol–water partition coefficient (Wildman–Crippen LogP) is 1.24. The fourth-order valence-electron chi connectivity index (χ4n) is 1.84. The number of hydrogen-bond acceptors (Lipinski definition) is 5. The van der Waals surface area contributed by atoms with Gasteiger partial charge in [-0.05, 0) is 12.1 Å². The number of nitrogens with one attached hydrogen (secondary N) is 1. The maximum Gasteiger partial charge on any atom is 0.124 e. The summed E-state index contributed by atoms with van der Waals surface area (Å²) in [4.78, 5) is 4.57. The summed E-state index contributed by atoms with van der Waals surface area (Å²) >= 11 is 1.67. The van der Waals surface area contributed by atoms with Crippen LogP contribution in [-0.2, 0) is 4.74 Å². The number of ether oxygens (including phenoxy) is 1. The molecular weight excluding hydrogens is 222 g/mol. The summed E-state index contributed by atoms with van der Waals surface area (Å²) in [5.41, 5.74) is 6.78. The minimum atomic E-state index is -0.231. The number of hydrogen-bond donors (Lipinski definition) is 2. The maximum atomic E-state index is 5.75. The second-order valence-electron chi connectivity index (χ2n) is 3.84. The third-order valence-corrected chi connectivity index (χ3v) is 3.73. The van der Waals surface area contributed by atoms with Crippen LogP contribution in [0.5, 0.6) is 0 Å². The number of nitrogens with two attached hydrogens (primary N) is 1. The molecule has 1 aliphatic rings. The van der Waals surface area contributed by atoms with Gasteiger partial charge >= 0.3 is 0 Å². The zero-order valence-corrected chi connectivity index (χ0v) is 9.54. The molecule has 16 heavy (non-hydrogen) atoms. The Kier molecular flexibility index (Phi) is 2.61. The van der Waals surface area contributed by atoms with Crippen LogP contribution in [0.4, 0.5) is 0 Å². The van der Waals surface area contributed by atoms with Crippen LogP contribution in [0.25, 0.3) is 10.2 Å². The van der Waals surface area contributed by atoms with Crippen LogP contribution in [0.2, 0.25) is 0 Å². The van der Waals surface area contributed by atoms with Gasteiger partial charge in [-0.15, -0.1) is 11.3 Å². The first kappa shape index (κ1) is 10.2. The van der Waals surface area contributed by atoms with Gasteiger partial charge in [0.1, 0.15) is 17.3 Å². The number of morpholine rings is 1. The fraction of sp³-hybridized carbons (Fsp3) is 0.364. The lowest BCUT2D eigenvalue weighted by Gasteiger charge is -2.26. The molecule has 1 saturated heterocycles. The van der Waals surface area contributed by atoms with Crippen molar-refractivity contribution in [3.63, 3.8) is 0 Å². The average Bonchev–Trinajstić information content (AvgIpc) is 2.72. The number of aromatic nitrogens is 1. The second-order valence-corrected chi connectivity index (χ2v) is 4.90. The van der Waals surface area contributed by atoms with Crippen molar-refractivity contribution in [3.8, 4) is 0 Å². The van der Waals surface area contributed by atoms with E-state index in [1.54, 1.807) is 11.3 Å². The van der Waals surface area contributed by atoms with Gasteiger partial charge in [-0.1, -0.05) is 12.1 Å². The topological polar surface area (TPSA) is 60.2 Å². The minimum Gasteiger partial charge on any atom is -0.350 e. The van der Waals surface area contributed by atoms with Crippen LogP contribution in [0, 0.1) is 0 Å². The van der Waals surface area contributed by atoms with E-state index in [-0.39, 0.29) is 12.3 Å². The molecule has 2 atom stereocenters. The molecule has 1 aromatic carbocycles. The van der Waals surface area contributed by atoms with Crippen molar-refractivity contribution in [2.45, 2.75) is 12.3 Å². The first-order chi connectivity index (χ1) is 7.83. The van der Waals surface area contributed by atoms with E-state index in [2.05, 4.69) is 16.4 Å². The molecule has 0 saturated carbocycles. The summed E-state index contributed by atoms with van der Waals surface area (Å²) in [6, 6.07) is 8.12. The summed E-state index contributed by atoms with van der Waals surface area (Å²) in [5.74, 6) is 0. The molecule has 0 aliphatic carbocycles. The van der Waals surface area contributed by atoms with Gasteiger partial charge in [0.05, 0.1) is 10.2 Å². The number of rotatable bonds is 1. The van der Waals surface area contributed by atoms with Crippen molar-refractivity contribution in [1.82, 2.24) is 10.3 Å². The Hall–Kier alpha value is -1.01. The molecule has 5 heteroatoms. The lowest BCUT2D eigenvalue weighted by molar-refractivity contribution is -0.0350. The van der Waals surface area contributed by atoms with E-state index in [1.807, 2.05) is 18.2 Å². The first-order valence-corrected chi connectivity index (χ1v) is 6.12. The molecule has 0 spiro atoms. The number of nitrogens with zero attached hydrogens (tertiary/aromatic N) is 1. The molecule has 4 nitrogen and oxygen atoms in total. The zero-order chi connectivity index (χ0) is 11.0. The van der Waals surface area contributed by atoms with Crippen LogP contribution in [0.1, 0.15) is 11.1 Å². The van der Waals surface area contributed by atoms with Crippen molar-refractivity contribution in [2.75, 3.05) is 13.1 Å². The molecule has 0 bridgehead atoms. The van der Waals surface area contributed by atoms with E-state index in [0.717, 1.165) is 17.1 Å². The van der Waals surface area contributed by atoms with Crippen molar-refractivity contribution >= 4 is 21.6 Å². The molecule has 2 heterocycles. The van der Waals surface area contributed by atoms with Crippen molar-refractivity contribution in [1.29, 1.82) is 0 Å². The number of para-hydroxylation sites is 1. The third kappa shape index (κ3) is 1.82. The predicted molar refractivity (Wildman–Crippen MR) is 64.3 cm³/mol. The SMILES string of the molecule is NC1CNCC(c2nc3ccccc3s2)O1. The number of thiazole rings is 1. The molecule has 0 amide bonds. The standard InChI is InChI=1S/C11H13N3OS/c12-10-6-13-5-8(15-10)11-14-7-3-1-2-4-9(7)16-11/h1-4,8,10,13H,5-6,12H2. The molecule has 1 aliphatic heterocycles. The van der Waals surface area contributed by atoms with Crippen LogP contribution < -0.4 is 11.1 Å². The first-order valence-electron chi connectivity index (χ1n) is 5.30. The summed E-state index contributed by atoms with van der Waals surface area (Å²) in [5, 5.41) is 4.25. The smallest absolute Gasteiger partial charge is 0.124 e. The molecular formula is C11H13N3OS. The van der Waals surface area contributed by atoms with Crippen LogP contribution >= 0.6 is 11.3 Å². The Labute approximate surface area is 97.4 Å². The van der Waals surface area contributed by atoms with Gasteiger partial charge in [-0.2, -0.15) is 0 Å². The summed E-state index contributed by atoms with van der Waals surface area (Å²) in [6.45, 7) is 1.49. The van der Waals surface area contributed by atoms with Crippen LogP contribution in [0.15, 0.2) is 24.3 Å². The highest BCUT2D eigenvalue weighted by Gasteiger charge is 2.23. The number of fused-ring (bicyclic) bond motifs is 1. The molecule has 2 aromatic rings. The van der Waals surface area contributed by atoms with E-state index in [9.17, 15) is 0 Å². The molecule has 2 unspecified atom stereocenters. The number of benzene rings is 1. The van der Waals surface area contributed by atoms with Crippen LogP contribution in [0.3, 0.4) is 0 Å². The van der Waals surface area contributed by atoms with Gasteiger partial charge in [0.15, 0.2) is 0 Å². The molecule has 1 aromatic heterocycles. The van der Waals surface area contributed by atoms with E-state index in [4.69, 9.17) is 10.5 Å². The van der Waals surface area contributed by atoms with E-state index >= 15 is 0 Å². The summed E-state index contributed by atoms with van der Waals surface area (Å²) < 4.78 is 6.86. The normalized spacial score (nSPS) is 26.1. The largest absolute Gasteiger partial charge is 0.350 e. The van der Waals surface area contributed by atoms with E-state index in [0.29, 0.717) is 6.54 Å². The molecule has 1 fully saturated rings. The van der Waals surface area contributed by atoms with Gasteiger partial charge in [0.2, 0.25) is 0 Å². The average molecular weight is 235 g/mol. The highest BCUT2D eigenvalue weighted by Crippen LogP contribution is 2.29. The van der Waals surface area contributed by atoms with E-state index in [1.165, 1.54) is 4.70 Å². The molecule has 3 N–H and O–H groups in total. The quantitative estimate of drug-likeness (QED) is 0.781. The summed E-state index contributed by atoms with van der Waals surface area (Å²) in [7, 11) is 0. The van der Waals surface area contributed by atoms with Crippen molar-refractivity contribution in [2.24, 2.45) is 5.73 Å². The Morgan fingerprint density at radius 2 is 2.25 bits per heavy atom. The molecule has 84 valence electrons. The van der Waals surface area contributed by atoms with Gasteiger partial charge in [0.25, 0.3) is 0 Å². The molecule has 3 rings (SSSR count). The highest BCUT2D eigenvalue weighted by molar-refractivity contribution is 7.18. The van der Waals surface area contributed by atoms with Crippen LogP contribution in [-0.4, -0.2) is 24.3 Å². The highest BCUT2D eigenvalue weighted by atomic mass is 32.1. The van der Waals surface area contributed by atoms with E-state index < -0.39 is 0 Å². The lowest BCUT2D eigenvalue weighted by Crippen LogP contribution is -2.45.